The third-order valence-electron chi connectivity index (χ3n) is 2.97. The minimum Gasteiger partial charge on any atom is -0.481 e. The molecule has 0 radical (unpaired) electrons. The molecule has 1 atom stereocenters. The Morgan fingerprint density at radius 2 is 1.90 bits per heavy atom. The van der Waals surface area contributed by atoms with Crippen LogP contribution in [0.2, 0.25) is 0 Å². The predicted molar refractivity (Wildman–Crippen MR) is 78.0 cm³/mol. The zero-order valence-corrected chi connectivity index (χ0v) is 12.0. The summed E-state index contributed by atoms with van der Waals surface area (Å²) in [6.45, 7) is 1.45. The Morgan fingerprint density at radius 3 is 2.45 bits per heavy atom. The molecule has 0 fully saturated rings. The molecule has 1 unspecified atom stereocenters. The molecule has 110 valence electrons. The first-order chi connectivity index (χ1) is 9.50. The highest BCUT2D eigenvalue weighted by molar-refractivity contribution is 6.00. The summed E-state index contributed by atoms with van der Waals surface area (Å²) in [5.74, 6) is -0.934. The van der Waals surface area contributed by atoms with Gasteiger partial charge in [-0.1, -0.05) is 30.3 Å². The molecular formula is C15H22N2O3. The number of hydrogen-bond acceptors (Lipinski definition) is 4. The average Bonchev–Trinajstić information content (AvgIpc) is 2.42. The summed E-state index contributed by atoms with van der Waals surface area (Å²) in [5, 5.41) is 11.9. The summed E-state index contributed by atoms with van der Waals surface area (Å²) in [6, 6.07) is 8.52. The SMILES string of the molecule is CN(C)CCNC(CCC(=O)O)C(=O)c1ccccc1. The summed E-state index contributed by atoms with van der Waals surface area (Å²) >= 11 is 0. The number of nitrogens with one attached hydrogen (secondary N) is 1. The number of benzene rings is 1. The molecule has 0 amide bonds. The maximum atomic E-state index is 12.4. The number of rotatable bonds is 9. The van der Waals surface area contributed by atoms with Crippen molar-refractivity contribution in [3.05, 3.63) is 35.9 Å². The first-order valence-electron chi connectivity index (χ1n) is 6.70. The lowest BCUT2D eigenvalue weighted by atomic mass is 10.00. The molecule has 0 saturated carbocycles. The van der Waals surface area contributed by atoms with Crippen molar-refractivity contribution in [3.63, 3.8) is 0 Å². The molecule has 2 N–H and O–H groups in total. The van der Waals surface area contributed by atoms with Crippen molar-refractivity contribution in [1.82, 2.24) is 10.2 Å². The van der Waals surface area contributed by atoms with Crippen molar-refractivity contribution >= 4 is 11.8 Å². The molecule has 1 rings (SSSR count). The standard InChI is InChI=1S/C15H22N2O3/c1-17(2)11-10-16-13(8-9-14(18)19)15(20)12-6-4-3-5-7-12/h3-7,13,16H,8-11H2,1-2H3,(H,18,19). The zero-order chi connectivity index (χ0) is 15.0. The van der Waals surface area contributed by atoms with Gasteiger partial charge in [-0.2, -0.15) is 0 Å². The second-order valence-corrected chi connectivity index (χ2v) is 4.97. The van der Waals surface area contributed by atoms with Crippen LogP contribution in [0.5, 0.6) is 0 Å². The number of hydrogen-bond donors (Lipinski definition) is 2. The topological polar surface area (TPSA) is 69.6 Å². The summed E-state index contributed by atoms with van der Waals surface area (Å²) in [7, 11) is 3.90. The number of carbonyl (C=O) groups excluding carboxylic acids is 1. The maximum absolute atomic E-state index is 12.4. The van der Waals surface area contributed by atoms with E-state index < -0.39 is 12.0 Å². The first kappa shape index (κ1) is 16.3. The van der Waals surface area contributed by atoms with Crippen molar-refractivity contribution in [2.24, 2.45) is 0 Å². The normalized spacial score (nSPS) is 12.3. The van der Waals surface area contributed by atoms with Crippen LogP contribution < -0.4 is 5.32 Å². The molecule has 0 bridgehead atoms. The van der Waals surface area contributed by atoms with Crippen LogP contribution in [0.3, 0.4) is 0 Å². The Hall–Kier alpha value is -1.72. The summed E-state index contributed by atoms with van der Waals surface area (Å²) < 4.78 is 0. The number of likely N-dealkylation sites (N-methyl/N-ethyl adjacent to an activating group) is 1. The fraction of sp³-hybridized carbons (Fsp3) is 0.467. The van der Waals surface area contributed by atoms with E-state index in [0.717, 1.165) is 6.54 Å². The molecule has 5 heteroatoms. The number of carboxylic acid groups (broad SMARTS) is 1. The largest absolute Gasteiger partial charge is 0.481 e. The van der Waals surface area contributed by atoms with E-state index in [-0.39, 0.29) is 12.2 Å². The lowest BCUT2D eigenvalue weighted by Gasteiger charge is -2.18. The molecule has 0 aliphatic rings. The molecule has 0 aromatic heterocycles. The van der Waals surface area contributed by atoms with Gasteiger partial charge in [0.15, 0.2) is 5.78 Å². The van der Waals surface area contributed by atoms with Crippen molar-refractivity contribution in [2.45, 2.75) is 18.9 Å². The van der Waals surface area contributed by atoms with Crippen LogP contribution in [0.15, 0.2) is 30.3 Å². The zero-order valence-electron chi connectivity index (χ0n) is 12.0. The van der Waals surface area contributed by atoms with Crippen molar-refractivity contribution < 1.29 is 14.7 Å². The predicted octanol–water partition coefficient (Wildman–Crippen LogP) is 1.25. The lowest BCUT2D eigenvalue weighted by molar-refractivity contribution is -0.137. The van der Waals surface area contributed by atoms with Crippen molar-refractivity contribution in [3.8, 4) is 0 Å². The second-order valence-electron chi connectivity index (χ2n) is 4.97. The third kappa shape index (κ3) is 5.95. The van der Waals surface area contributed by atoms with Crippen molar-refractivity contribution in [1.29, 1.82) is 0 Å². The number of Topliss-reactive ketones (excluding diaryl/α,β-unsaturated/α-hetero) is 1. The van der Waals surface area contributed by atoms with Gasteiger partial charge in [-0.05, 0) is 20.5 Å². The molecule has 5 nitrogen and oxygen atoms in total. The van der Waals surface area contributed by atoms with E-state index in [1.807, 2.05) is 25.1 Å². The van der Waals surface area contributed by atoms with Gasteiger partial charge in [-0.15, -0.1) is 0 Å². The Morgan fingerprint density at radius 1 is 1.25 bits per heavy atom. The number of carbonyl (C=O) groups is 2. The minimum atomic E-state index is -0.884. The van der Waals surface area contributed by atoms with Crippen LogP contribution in [-0.2, 0) is 4.79 Å². The number of aliphatic carboxylic acids is 1. The Bertz CT molecular complexity index is 432. The van der Waals surface area contributed by atoms with Gasteiger partial charge in [0.05, 0.1) is 6.04 Å². The monoisotopic (exact) mass is 278 g/mol. The van der Waals surface area contributed by atoms with Crippen LogP contribution in [-0.4, -0.2) is 55.0 Å². The Labute approximate surface area is 119 Å². The van der Waals surface area contributed by atoms with Crippen molar-refractivity contribution in [2.75, 3.05) is 27.2 Å². The molecule has 20 heavy (non-hydrogen) atoms. The van der Waals surface area contributed by atoms with Gasteiger partial charge in [0.1, 0.15) is 0 Å². The van der Waals surface area contributed by atoms with E-state index in [0.29, 0.717) is 18.5 Å². The second kappa shape index (κ2) is 8.45. The van der Waals surface area contributed by atoms with E-state index in [1.54, 1.807) is 24.3 Å². The first-order valence-corrected chi connectivity index (χ1v) is 6.70. The summed E-state index contributed by atoms with van der Waals surface area (Å²) in [5.41, 5.74) is 0.611. The van der Waals surface area contributed by atoms with Gasteiger partial charge in [-0.25, -0.2) is 0 Å². The van der Waals surface area contributed by atoms with Gasteiger partial charge in [0.25, 0.3) is 0 Å². The van der Waals surface area contributed by atoms with E-state index >= 15 is 0 Å². The van der Waals surface area contributed by atoms with Gasteiger partial charge in [-0.3, -0.25) is 9.59 Å². The highest BCUT2D eigenvalue weighted by Gasteiger charge is 2.20. The van der Waals surface area contributed by atoms with Gasteiger partial charge in [0.2, 0.25) is 0 Å². The third-order valence-corrected chi connectivity index (χ3v) is 2.97. The van der Waals surface area contributed by atoms with Crippen LogP contribution in [0, 0.1) is 0 Å². The molecule has 0 saturated heterocycles. The van der Waals surface area contributed by atoms with E-state index in [1.165, 1.54) is 0 Å². The highest BCUT2D eigenvalue weighted by Crippen LogP contribution is 2.08. The minimum absolute atomic E-state index is 0.0157. The van der Waals surface area contributed by atoms with Crippen LogP contribution >= 0.6 is 0 Å². The lowest BCUT2D eigenvalue weighted by Crippen LogP contribution is -2.40. The number of nitrogens with zero attached hydrogens (tertiary/aromatic N) is 1. The molecule has 1 aromatic rings. The smallest absolute Gasteiger partial charge is 0.303 e. The molecule has 1 aromatic carbocycles. The molecule has 0 spiro atoms. The van der Waals surface area contributed by atoms with Gasteiger partial charge >= 0.3 is 5.97 Å². The van der Waals surface area contributed by atoms with E-state index in [2.05, 4.69) is 5.32 Å². The maximum Gasteiger partial charge on any atom is 0.303 e. The summed E-state index contributed by atoms with van der Waals surface area (Å²) in [4.78, 5) is 25.1. The molecule has 0 heterocycles. The number of ketones is 1. The number of carboxylic acids is 1. The fourth-order valence-corrected chi connectivity index (χ4v) is 1.86. The Kier molecular flexibility index (Phi) is 6.90. The van der Waals surface area contributed by atoms with E-state index in [9.17, 15) is 9.59 Å². The molecule has 0 aliphatic heterocycles. The quantitative estimate of drug-likeness (QED) is 0.665. The van der Waals surface area contributed by atoms with Crippen LogP contribution in [0.4, 0.5) is 0 Å². The molecular weight excluding hydrogens is 256 g/mol. The van der Waals surface area contributed by atoms with Gasteiger partial charge < -0.3 is 15.3 Å². The van der Waals surface area contributed by atoms with Crippen LogP contribution in [0.25, 0.3) is 0 Å². The average molecular weight is 278 g/mol. The van der Waals surface area contributed by atoms with Crippen LogP contribution in [0.1, 0.15) is 23.2 Å². The highest BCUT2D eigenvalue weighted by atomic mass is 16.4. The Balaban J connectivity index is 2.65. The molecule has 0 aliphatic carbocycles. The van der Waals surface area contributed by atoms with Gasteiger partial charge in [0, 0.05) is 25.1 Å². The fourth-order valence-electron chi connectivity index (χ4n) is 1.86. The van der Waals surface area contributed by atoms with E-state index in [4.69, 9.17) is 5.11 Å². The summed E-state index contributed by atoms with van der Waals surface area (Å²) in [6.07, 6.45) is 0.286.